The van der Waals surface area contributed by atoms with Gasteiger partial charge in [-0.2, -0.15) is 13.2 Å². The molecule has 1 aromatic carbocycles. The fourth-order valence-corrected chi connectivity index (χ4v) is 5.32. The zero-order valence-corrected chi connectivity index (χ0v) is 19.1. The van der Waals surface area contributed by atoms with Gasteiger partial charge in [0.25, 0.3) is 5.91 Å². The lowest BCUT2D eigenvalue weighted by Gasteiger charge is -2.40. The van der Waals surface area contributed by atoms with Gasteiger partial charge in [-0.1, -0.05) is 12.1 Å². The first kappa shape index (κ1) is 22.7. The molecule has 5 rings (SSSR count). The highest BCUT2D eigenvalue weighted by atomic mass is 32.1. The van der Waals surface area contributed by atoms with E-state index in [9.17, 15) is 22.8 Å². The number of likely N-dealkylation sites (tertiary alicyclic amines) is 1. The van der Waals surface area contributed by atoms with Crippen LogP contribution in [0.5, 0.6) is 0 Å². The van der Waals surface area contributed by atoms with Gasteiger partial charge in [0.15, 0.2) is 0 Å². The van der Waals surface area contributed by atoms with E-state index in [1.54, 1.807) is 11.3 Å². The number of thiazole rings is 1. The smallest absolute Gasteiger partial charge is 0.323 e. The second kappa shape index (κ2) is 8.31. The number of nitrogens with one attached hydrogen (secondary N) is 1. The van der Waals surface area contributed by atoms with Crippen LogP contribution < -0.4 is 5.32 Å². The number of aromatic nitrogens is 2. The van der Waals surface area contributed by atoms with E-state index in [0.717, 1.165) is 32.9 Å². The van der Waals surface area contributed by atoms with Crippen LogP contribution in [0.15, 0.2) is 42.0 Å². The Morgan fingerprint density at radius 2 is 1.91 bits per heavy atom. The number of fused-ring (bicyclic) bond motifs is 1. The highest BCUT2D eigenvalue weighted by molar-refractivity contribution is 7.16. The lowest BCUT2D eigenvalue weighted by Crippen LogP contribution is -2.55. The van der Waals surface area contributed by atoms with Crippen LogP contribution in [-0.4, -0.2) is 50.3 Å². The molecular weight excluding hydrogens is 467 g/mol. The minimum absolute atomic E-state index is 0.120. The van der Waals surface area contributed by atoms with Crippen molar-refractivity contribution in [1.82, 2.24) is 25.1 Å². The number of amides is 3. The summed E-state index contributed by atoms with van der Waals surface area (Å²) < 4.78 is 39.4. The van der Waals surface area contributed by atoms with Gasteiger partial charge in [-0.3, -0.25) is 19.6 Å². The second-order valence-electron chi connectivity index (χ2n) is 8.74. The second-order valence-corrected chi connectivity index (χ2v) is 9.63. The summed E-state index contributed by atoms with van der Waals surface area (Å²) >= 11 is 1.60. The maximum absolute atomic E-state index is 13.2. The standard InChI is InChI=1S/C23H22F3N5O2S/c1-14(16-3-4-18-17(10-16)28-13-34-18)30-8-6-22(7-9-30)20(32)31(21(33)29-22)12-15-2-5-19(27-11-15)23(24,25)26/h2-5,10-11,13-14H,6-9,12H2,1H3,(H,29,33)/t14-/m0/s1. The summed E-state index contributed by atoms with van der Waals surface area (Å²) in [5.41, 5.74) is 2.30. The van der Waals surface area contributed by atoms with Crippen molar-refractivity contribution in [3.05, 3.63) is 58.9 Å². The fraction of sp³-hybridized carbons (Fsp3) is 0.391. The van der Waals surface area contributed by atoms with Crippen LogP contribution >= 0.6 is 11.3 Å². The summed E-state index contributed by atoms with van der Waals surface area (Å²) in [7, 11) is 0. The minimum atomic E-state index is -4.54. The Labute approximate surface area is 197 Å². The number of hydrogen-bond donors (Lipinski definition) is 1. The molecule has 0 aliphatic carbocycles. The van der Waals surface area contributed by atoms with Crippen molar-refractivity contribution in [2.45, 2.75) is 44.1 Å². The number of carbonyl (C=O) groups excluding carboxylic acids is 2. The van der Waals surface area contributed by atoms with Crippen molar-refractivity contribution in [3.8, 4) is 0 Å². The molecule has 2 fully saturated rings. The van der Waals surface area contributed by atoms with Crippen LogP contribution in [0, 0.1) is 0 Å². The number of rotatable bonds is 4. The lowest BCUT2D eigenvalue weighted by molar-refractivity contribution is -0.141. The number of hydrogen-bond acceptors (Lipinski definition) is 6. The van der Waals surface area contributed by atoms with Crippen LogP contribution in [0.2, 0.25) is 0 Å². The quantitative estimate of drug-likeness (QED) is 0.551. The summed E-state index contributed by atoms with van der Waals surface area (Å²) in [6.45, 7) is 3.24. The van der Waals surface area contributed by atoms with Crippen molar-refractivity contribution in [1.29, 1.82) is 0 Å². The zero-order chi connectivity index (χ0) is 24.1. The summed E-state index contributed by atoms with van der Waals surface area (Å²) in [6.07, 6.45) is -2.57. The van der Waals surface area contributed by atoms with Crippen molar-refractivity contribution < 1.29 is 22.8 Å². The van der Waals surface area contributed by atoms with Crippen LogP contribution in [0.4, 0.5) is 18.0 Å². The molecule has 11 heteroatoms. The number of piperidine rings is 1. The average Bonchev–Trinajstić information content (AvgIpc) is 3.37. The van der Waals surface area contributed by atoms with E-state index in [-0.39, 0.29) is 18.5 Å². The number of nitrogens with zero attached hydrogens (tertiary/aromatic N) is 4. The van der Waals surface area contributed by atoms with Gasteiger partial charge in [0.05, 0.1) is 22.3 Å². The van der Waals surface area contributed by atoms with E-state index in [4.69, 9.17) is 0 Å². The number of alkyl halides is 3. The Bertz CT molecular complexity index is 1240. The largest absolute Gasteiger partial charge is 0.433 e. The third-order valence-corrected chi connectivity index (χ3v) is 7.55. The summed E-state index contributed by atoms with van der Waals surface area (Å²) in [5.74, 6) is -0.339. The normalized spacial score (nSPS) is 19.7. The predicted octanol–water partition coefficient (Wildman–Crippen LogP) is 4.36. The number of benzene rings is 1. The molecule has 2 aliphatic heterocycles. The average molecular weight is 490 g/mol. The van der Waals surface area contributed by atoms with Crippen molar-refractivity contribution in [2.24, 2.45) is 0 Å². The molecule has 3 amide bonds. The minimum Gasteiger partial charge on any atom is -0.323 e. The third-order valence-electron chi connectivity index (χ3n) is 6.74. The van der Waals surface area contributed by atoms with E-state index >= 15 is 0 Å². The monoisotopic (exact) mass is 489 g/mol. The van der Waals surface area contributed by atoms with E-state index in [1.165, 1.54) is 6.07 Å². The molecule has 0 bridgehead atoms. The molecule has 3 aromatic rings. The SMILES string of the molecule is C[C@@H](c1ccc2scnc2c1)N1CCC2(CC1)NC(=O)N(Cc1ccc(C(F)(F)F)nc1)C2=O. The molecule has 0 saturated carbocycles. The Morgan fingerprint density at radius 3 is 2.59 bits per heavy atom. The molecule has 2 aromatic heterocycles. The summed E-state index contributed by atoms with van der Waals surface area (Å²) in [6, 6.07) is 7.95. The van der Waals surface area contributed by atoms with E-state index in [2.05, 4.69) is 45.3 Å². The van der Waals surface area contributed by atoms with Crippen molar-refractivity contribution >= 4 is 33.5 Å². The van der Waals surface area contributed by atoms with E-state index < -0.39 is 23.4 Å². The van der Waals surface area contributed by atoms with Gasteiger partial charge in [-0.05, 0) is 49.1 Å². The molecular formula is C23H22F3N5O2S. The maximum Gasteiger partial charge on any atom is 0.433 e. The molecule has 1 atom stereocenters. The first-order chi connectivity index (χ1) is 16.2. The summed E-state index contributed by atoms with van der Waals surface area (Å²) in [5, 5.41) is 2.85. The van der Waals surface area contributed by atoms with Gasteiger partial charge >= 0.3 is 12.2 Å². The number of urea groups is 1. The van der Waals surface area contributed by atoms with E-state index in [0.29, 0.717) is 31.5 Å². The Kier molecular flexibility index (Phi) is 5.56. The molecule has 1 N–H and O–H groups in total. The molecule has 4 heterocycles. The molecule has 0 unspecified atom stereocenters. The van der Waals surface area contributed by atoms with Crippen molar-refractivity contribution in [3.63, 3.8) is 0 Å². The van der Waals surface area contributed by atoms with Crippen LogP contribution in [-0.2, 0) is 17.5 Å². The van der Waals surface area contributed by atoms with Crippen LogP contribution in [0.3, 0.4) is 0 Å². The third kappa shape index (κ3) is 4.03. The molecule has 34 heavy (non-hydrogen) atoms. The number of carbonyl (C=O) groups is 2. The molecule has 1 spiro atoms. The lowest BCUT2D eigenvalue weighted by atomic mass is 9.86. The highest BCUT2D eigenvalue weighted by Crippen LogP contribution is 2.35. The van der Waals surface area contributed by atoms with Crippen LogP contribution in [0.1, 0.15) is 42.6 Å². The molecule has 0 radical (unpaired) electrons. The molecule has 7 nitrogen and oxygen atoms in total. The molecule has 2 saturated heterocycles. The van der Waals surface area contributed by atoms with Crippen molar-refractivity contribution in [2.75, 3.05) is 13.1 Å². The molecule has 2 aliphatic rings. The number of halogens is 3. The first-order valence-corrected chi connectivity index (χ1v) is 11.8. The molecule has 178 valence electrons. The Hall–Kier alpha value is -3.05. The Balaban J connectivity index is 1.25. The van der Waals surface area contributed by atoms with Gasteiger partial charge in [0.1, 0.15) is 11.2 Å². The fourth-order valence-electron chi connectivity index (χ4n) is 4.67. The van der Waals surface area contributed by atoms with Gasteiger partial charge in [0.2, 0.25) is 0 Å². The summed E-state index contributed by atoms with van der Waals surface area (Å²) in [4.78, 5) is 36.9. The maximum atomic E-state index is 13.2. The number of imide groups is 1. The van der Waals surface area contributed by atoms with Crippen LogP contribution in [0.25, 0.3) is 10.2 Å². The predicted molar refractivity (Wildman–Crippen MR) is 120 cm³/mol. The van der Waals surface area contributed by atoms with Gasteiger partial charge in [-0.25, -0.2) is 9.78 Å². The van der Waals surface area contributed by atoms with Gasteiger partial charge in [0, 0.05) is 25.3 Å². The van der Waals surface area contributed by atoms with Gasteiger partial charge in [-0.15, -0.1) is 11.3 Å². The Morgan fingerprint density at radius 1 is 1.15 bits per heavy atom. The topological polar surface area (TPSA) is 78.4 Å². The number of pyridine rings is 1. The first-order valence-electron chi connectivity index (χ1n) is 10.9. The van der Waals surface area contributed by atoms with Gasteiger partial charge < -0.3 is 5.32 Å². The zero-order valence-electron chi connectivity index (χ0n) is 18.3. The highest BCUT2D eigenvalue weighted by Gasteiger charge is 2.52. The van der Waals surface area contributed by atoms with E-state index in [1.807, 2.05) is 5.51 Å².